The fourth-order valence-electron chi connectivity index (χ4n) is 1.54. The van der Waals surface area contributed by atoms with Crippen molar-refractivity contribution in [3.8, 4) is 11.5 Å². The van der Waals surface area contributed by atoms with Gasteiger partial charge in [0.15, 0.2) is 17.5 Å². The first-order valence-corrected chi connectivity index (χ1v) is 6.38. The summed E-state index contributed by atoms with van der Waals surface area (Å²) in [5, 5.41) is 3.00. The first-order valence-electron chi connectivity index (χ1n) is 6.38. The number of rotatable bonds is 7. The van der Waals surface area contributed by atoms with E-state index in [1.165, 1.54) is 0 Å². The minimum atomic E-state index is 0.0878. The minimum absolute atomic E-state index is 0.0878. The Morgan fingerprint density at radius 1 is 1.25 bits per heavy atom. The topological polar surface area (TPSA) is 78.1 Å². The molecule has 0 aromatic heterocycles. The Morgan fingerprint density at radius 2 is 1.95 bits per heavy atom. The number of nitrogens with one attached hydrogen (secondary N) is 1. The Morgan fingerprint density at radius 3 is 2.55 bits per heavy atom. The molecule has 0 saturated carbocycles. The molecule has 0 bridgehead atoms. The zero-order valence-corrected chi connectivity index (χ0v) is 12.5. The van der Waals surface area contributed by atoms with E-state index in [0.717, 1.165) is 5.56 Å². The average molecular weight is 281 g/mol. The van der Waals surface area contributed by atoms with Gasteiger partial charge >= 0.3 is 0 Å². The molecular weight excluding hydrogens is 258 g/mol. The van der Waals surface area contributed by atoms with Crippen LogP contribution in [0.25, 0.3) is 0 Å². The molecule has 0 saturated heterocycles. The van der Waals surface area contributed by atoms with Gasteiger partial charge in [0.05, 0.1) is 26.9 Å². The summed E-state index contributed by atoms with van der Waals surface area (Å²) >= 11 is 0. The van der Waals surface area contributed by atoms with Crippen molar-refractivity contribution in [1.82, 2.24) is 5.32 Å². The predicted molar refractivity (Wildman–Crippen MR) is 79.3 cm³/mol. The van der Waals surface area contributed by atoms with Gasteiger partial charge in [-0.25, -0.2) is 4.99 Å². The molecular formula is C14H23N3O3. The van der Waals surface area contributed by atoms with Gasteiger partial charge in [-0.05, 0) is 24.6 Å². The van der Waals surface area contributed by atoms with Crippen LogP contribution in [0.4, 0.5) is 0 Å². The molecule has 0 amide bonds. The fourth-order valence-corrected chi connectivity index (χ4v) is 1.54. The van der Waals surface area contributed by atoms with E-state index in [-0.39, 0.29) is 6.10 Å². The van der Waals surface area contributed by atoms with E-state index in [2.05, 4.69) is 10.3 Å². The first kappa shape index (κ1) is 16.1. The van der Waals surface area contributed by atoms with Crippen LogP contribution in [0.2, 0.25) is 0 Å². The molecule has 1 aromatic rings. The van der Waals surface area contributed by atoms with Crippen LogP contribution in [0.3, 0.4) is 0 Å². The Hall–Kier alpha value is -1.95. The van der Waals surface area contributed by atoms with Gasteiger partial charge in [0.1, 0.15) is 0 Å². The average Bonchev–Trinajstić information content (AvgIpc) is 2.49. The van der Waals surface area contributed by atoms with E-state index in [1.807, 2.05) is 25.1 Å². The summed E-state index contributed by atoms with van der Waals surface area (Å²) in [7, 11) is 4.87. The van der Waals surface area contributed by atoms with Crippen molar-refractivity contribution in [1.29, 1.82) is 0 Å². The molecule has 0 heterocycles. The fraction of sp³-hybridized carbons (Fsp3) is 0.500. The normalized spacial score (nSPS) is 12.9. The zero-order chi connectivity index (χ0) is 15.0. The summed E-state index contributed by atoms with van der Waals surface area (Å²) in [6.45, 7) is 3.05. The second-order valence-electron chi connectivity index (χ2n) is 4.32. The van der Waals surface area contributed by atoms with Gasteiger partial charge in [-0.1, -0.05) is 6.07 Å². The Bertz CT molecular complexity index is 449. The smallest absolute Gasteiger partial charge is 0.189 e. The summed E-state index contributed by atoms with van der Waals surface area (Å²) in [5.74, 6) is 1.77. The van der Waals surface area contributed by atoms with Gasteiger partial charge in [-0.3, -0.25) is 0 Å². The van der Waals surface area contributed by atoms with Crippen molar-refractivity contribution in [3.63, 3.8) is 0 Å². The van der Waals surface area contributed by atoms with Gasteiger partial charge in [-0.2, -0.15) is 0 Å². The van der Waals surface area contributed by atoms with Crippen molar-refractivity contribution in [2.45, 2.75) is 19.6 Å². The van der Waals surface area contributed by atoms with Crippen molar-refractivity contribution in [3.05, 3.63) is 23.8 Å². The quantitative estimate of drug-likeness (QED) is 0.579. The molecule has 1 atom stereocenters. The number of hydrogen-bond donors (Lipinski definition) is 2. The highest BCUT2D eigenvalue weighted by Crippen LogP contribution is 2.27. The summed E-state index contributed by atoms with van der Waals surface area (Å²) in [6.07, 6.45) is 0.0878. The molecule has 0 radical (unpaired) electrons. The maximum Gasteiger partial charge on any atom is 0.189 e. The molecule has 0 aliphatic carbocycles. The highest BCUT2D eigenvalue weighted by Gasteiger charge is 2.04. The second kappa shape index (κ2) is 8.27. The van der Waals surface area contributed by atoms with Crippen LogP contribution < -0.4 is 20.5 Å². The largest absolute Gasteiger partial charge is 0.493 e. The Kier molecular flexibility index (Phi) is 6.66. The molecule has 0 aliphatic rings. The molecule has 0 aliphatic heterocycles. The van der Waals surface area contributed by atoms with Crippen LogP contribution in [-0.4, -0.2) is 39.9 Å². The number of aliphatic imine (C=N–C) groups is 1. The van der Waals surface area contributed by atoms with Crippen molar-refractivity contribution in [2.24, 2.45) is 10.7 Å². The maximum absolute atomic E-state index is 5.78. The molecule has 6 nitrogen and oxygen atoms in total. The SMILES string of the molecule is COc1ccc(CN=C(N)NCC(C)OC)cc1OC. The number of nitrogens with two attached hydrogens (primary N) is 1. The third kappa shape index (κ3) is 4.97. The lowest BCUT2D eigenvalue weighted by Gasteiger charge is -2.11. The number of methoxy groups -OCH3 is 3. The Balaban J connectivity index is 2.60. The zero-order valence-electron chi connectivity index (χ0n) is 12.5. The molecule has 3 N–H and O–H groups in total. The lowest BCUT2D eigenvalue weighted by molar-refractivity contribution is 0.121. The molecule has 1 rings (SSSR count). The second-order valence-corrected chi connectivity index (χ2v) is 4.32. The van der Waals surface area contributed by atoms with Crippen molar-refractivity contribution >= 4 is 5.96 Å². The van der Waals surface area contributed by atoms with Crippen LogP contribution in [0.1, 0.15) is 12.5 Å². The summed E-state index contributed by atoms with van der Waals surface area (Å²) < 4.78 is 15.5. The Labute approximate surface area is 119 Å². The highest BCUT2D eigenvalue weighted by atomic mass is 16.5. The lowest BCUT2D eigenvalue weighted by atomic mass is 10.2. The summed E-state index contributed by atoms with van der Waals surface area (Å²) in [5.41, 5.74) is 6.77. The van der Waals surface area contributed by atoms with E-state index >= 15 is 0 Å². The highest BCUT2D eigenvalue weighted by molar-refractivity contribution is 5.77. The third-order valence-corrected chi connectivity index (χ3v) is 2.85. The van der Waals surface area contributed by atoms with Crippen molar-refractivity contribution < 1.29 is 14.2 Å². The van der Waals surface area contributed by atoms with Gasteiger partial charge in [0, 0.05) is 13.7 Å². The molecule has 112 valence electrons. The summed E-state index contributed by atoms with van der Waals surface area (Å²) in [6, 6.07) is 5.66. The van der Waals surface area contributed by atoms with Gasteiger partial charge in [0.25, 0.3) is 0 Å². The van der Waals surface area contributed by atoms with Crippen LogP contribution in [0.15, 0.2) is 23.2 Å². The van der Waals surface area contributed by atoms with E-state index in [9.17, 15) is 0 Å². The monoisotopic (exact) mass is 281 g/mol. The molecule has 20 heavy (non-hydrogen) atoms. The molecule has 6 heteroatoms. The van der Waals surface area contributed by atoms with Crippen LogP contribution >= 0.6 is 0 Å². The van der Waals surface area contributed by atoms with E-state index in [1.54, 1.807) is 21.3 Å². The van der Waals surface area contributed by atoms with E-state index in [0.29, 0.717) is 30.5 Å². The number of ether oxygens (including phenoxy) is 3. The van der Waals surface area contributed by atoms with E-state index < -0.39 is 0 Å². The van der Waals surface area contributed by atoms with Crippen molar-refractivity contribution in [2.75, 3.05) is 27.9 Å². The maximum atomic E-state index is 5.78. The molecule has 0 spiro atoms. The third-order valence-electron chi connectivity index (χ3n) is 2.85. The van der Waals surface area contributed by atoms with Crippen LogP contribution in [0, 0.1) is 0 Å². The number of benzene rings is 1. The van der Waals surface area contributed by atoms with Gasteiger partial charge in [-0.15, -0.1) is 0 Å². The molecule has 0 fully saturated rings. The molecule has 1 aromatic carbocycles. The van der Waals surface area contributed by atoms with E-state index in [4.69, 9.17) is 19.9 Å². The lowest BCUT2D eigenvalue weighted by Crippen LogP contribution is -2.37. The number of nitrogens with zero attached hydrogens (tertiary/aromatic N) is 1. The minimum Gasteiger partial charge on any atom is -0.493 e. The standard InChI is InChI=1S/C14H23N3O3/c1-10(18-2)8-16-14(15)17-9-11-5-6-12(19-3)13(7-11)20-4/h5-7,10H,8-9H2,1-4H3,(H3,15,16,17). The van der Waals surface area contributed by atoms with Gasteiger partial charge in [0.2, 0.25) is 0 Å². The predicted octanol–water partition coefficient (Wildman–Crippen LogP) is 1.14. The van der Waals surface area contributed by atoms with Crippen LogP contribution in [-0.2, 0) is 11.3 Å². The number of hydrogen-bond acceptors (Lipinski definition) is 4. The molecule has 1 unspecified atom stereocenters. The van der Waals surface area contributed by atoms with Gasteiger partial charge < -0.3 is 25.3 Å². The summed E-state index contributed by atoms with van der Waals surface area (Å²) in [4.78, 5) is 4.26. The first-order chi connectivity index (χ1) is 9.60. The number of guanidine groups is 1. The van der Waals surface area contributed by atoms with Crippen LogP contribution in [0.5, 0.6) is 11.5 Å².